The summed E-state index contributed by atoms with van der Waals surface area (Å²) >= 11 is 0. The Kier molecular flexibility index (Phi) is 5.89. The summed E-state index contributed by atoms with van der Waals surface area (Å²) in [6.45, 7) is -0.165. The second-order valence-corrected chi connectivity index (χ2v) is 6.70. The molecule has 0 saturated carbocycles. The second-order valence-electron chi connectivity index (χ2n) is 6.70. The number of hydrogen-bond acceptors (Lipinski definition) is 5. The van der Waals surface area contributed by atoms with Gasteiger partial charge >= 0.3 is 6.18 Å². The van der Waals surface area contributed by atoms with Crippen LogP contribution in [0, 0.1) is 0 Å². The number of halogens is 3. The SMILES string of the molecule is O=C(Nc1ccccc1)c1ccccc1OCc1nc(-c2cccc(C(F)(F)F)c2)no1. The van der Waals surface area contributed by atoms with E-state index in [9.17, 15) is 18.0 Å². The van der Waals surface area contributed by atoms with E-state index in [0.29, 0.717) is 17.0 Å². The van der Waals surface area contributed by atoms with E-state index in [0.717, 1.165) is 12.1 Å². The van der Waals surface area contributed by atoms with Crippen molar-refractivity contribution in [2.24, 2.45) is 0 Å². The van der Waals surface area contributed by atoms with Gasteiger partial charge in [-0.25, -0.2) is 0 Å². The number of hydrogen-bond donors (Lipinski definition) is 1. The maximum absolute atomic E-state index is 12.9. The average Bonchev–Trinajstić information content (AvgIpc) is 3.27. The molecular weight excluding hydrogens is 423 g/mol. The zero-order valence-electron chi connectivity index (χ0n) is 16.5. The molecule has 0 aliphatic carbocycles. The molecule has 0 aliphatic heterocycles. The Morgan fingerprint density at radius 3 is 2.50 bits per heavy atom. The summed E-state index contributed by atoms with van der Waals surface area (Å²) in [6, 6.07) is 20.2. The molecule has 9 heteroatoms. The lowest BCUT2D eigenvalue weighted by atomic mass is 10.1. The van der Waals surface area contributed by atoms with E-state index in [1.54, 1.807) is 48.5 Å². The molecule has 6 nitrogen and oxygen atoms in total. The summed E-state index contributed by atoms with van der Waals surface area (Å²) in [5.74, 6) is -0.0118. The van der Waals surface area contributed by atoms with Gasteiger partial charge in [-0.2, -0.15) is 18.2 Å². The minimum Gasteiger partial charge on any atom is -0.483 e. The van der Waals surface area contributed by atoms with Crippen molar-refractivity contribution in [3.05, 3.63) is 95.9 Å². The monoisotopic (exact) mass is 439 g/mol. The summed E-state index contributed by atoms with van der Waals surface area (Å²) < 4.78 is 49.5. The maximum Gasteiger partial charge on any atom is 0.416 e. The van der Waals surface area contributed by atoms with Gasteiger partial charge in [-0.1, -0.05) is 47.6 Å². The van der Waals surface area contributed by atoms with Gasteiger partial charge in [0.15, 0.2) is 6.61 Å². The number of anilines is 1. The van der Waals surface area contributed by atoms with Crippen LogP contribution in [0.2, 0.25) is 0 Å². The van der Waals surface area contributed by atoms with Crippen molar-refractivity contribution in [3.63, 3.8) is 0 Å². The number of carbonyl (C=O) groups is 1. The lowest BCUT2D eigenvalue weighted by Crippen LogP contribution is -2.13. The highest BCUT2D eigenvalue weighted by atomic mass is 19.4. The average molecular weight is 439 g/mol. The first-order chi connectivity index (χ1) is 15.4. The van der Waals surface area contributed by atoms with Crippen molar-refractivity contribution in [2.45, 2.75) is 12.8 Å². The van der Waals surface area contributed by atoms with Crippen LogP contribution < -0.4 is 10.1 Å². The van der Waals surface area contributed by atoms with Crippen LogP contribution >= 0.6 is 0 Å². The molecule has 0 spiro atoms. The molecule has 3 aromatic carbocycles. The van der Waals surface area contributed by atoms with Crippen LogP contribution in [0.25, 0.3) is 11.4 Å². The Hall–Kier alpha value is -4.14. The molecule has 32 heavy (non-hydrogen) atoms. The molecule has 4 rings (SSSR count). The first-order valence-corrected chi connectivity index (χ1v) is 9.48. The Morgan fingerprint density at radius 1 is 0.969 bits per heavy atom. The lowest BCUT2D eigenvalue weighted by molar-refractivity contribution is -0.137. The number of para-hydroxylation sites is 2. The van der Waals surface area contributed by atoms with Crippen molar-refractivity contribution in [1.82, 2.24) is 10.1 Å². The molecule has 162 valence electrons. The molecule has 1 N–H and O–H groups in total. The lowest BCUT2D eigenvalue weighted by Gasteiger charge is -2.10. The zero-order valence-corrected chi connectivity index (χ0v) is 16.5. The van der Waals surface area contributed by atoms with Crippen LogP contribution in [0.1, 0.15) is 21.8 Å². The van der Waals surface area contributed by atoms with E-state index >= 15 is 0 Å². The summed E-state index contributed by atoms with van der Waals surface area (Å²) in [4.78, 5) is 16.7. The fraction of sp³-hybridized carbons (Fsp3) is 0.0870. The van der Waals surface area contributed by atoms with E-state index < -0.39 is 11.7 Å². The van der Waals surface area contributed by atoms with Gasteiger partial charge in [-0.05, 0) is 36.4 Å². The van der Waals surface area contributed by atoms with Gasteiger partial charge in [-0.3, -0.25) is 4.79 Å². The van der Waals surface area contributed by atoms with E-state index in [4.69, 9.17) is 9.26 Å². The molecule has 1 amide bonds. The standard InChI is InChI=1S/C23H16F3N3O3/c24-23(25,26)16-8-6-7-15(13-16)21-28-20(32-29-21)14-31-19-12-5-4-11-18(19)22(30)27-17-9-2-1-3-10-17/h1-13H,14H2,(H,27,30). The first-order valence-electron chi connectivity index (χ1n) is 9.48. The fourth-order valence-corrected chi connectivity index (χ4v) is 2.90. The molecule has 1 aromatic heterocycles. The Bertz CT molecular complexity index is 1220. The van der Waals surface area contributed by atoms with Crippen molar-refractivity contribution < 1.29 is 27.2 Å². The number of amides is 1. The zero-order chi connectivity index (χ0) is 22.6. The van der Waals surface area contributed by atoms with Crippen LogP contribution in [-0.4, -0.2) is 16.0 Å². The number of ether oxygens (including phenoxy) is 1. The highest BCUT2D eigenvalue weighted by Gasteiger charge is 2.30. The van der Waals surface area contributed by atoms with Crippen molar-refractivity contribution in [2.75, 3.05) is 5.32 Å². The third-order valence-corrected chi connectivity index (χ3v) is 4.43. The van der Waals surface area contributed by atoms with Gasteiger partial charge in [-0.15, -0.1) is 0 Å². The third kappa shape index (κ3) is 4.94. The van der Waals surface area contributed by atoms with Crippen molar-refractivity contribution in [1.29, 1.82) is 0 Å². The van der Waals surface area contributed by atoms with E-state index in [1.165, 1.54) is 12.1 Å². The van der Waals surface area contributed by atoms with Gasteiger partial charge in [0.25, 0.3) is 11.8 Å². The molecule has 0 atom stereocenters. The number of aromatic nitrogens is 2. The predicted octanol–water partition coefficient (Wildman–Crippen LogP) is 5.59. The molecule has 0 fully saturated rings. The molecular formula is C23H16F3N3O3. The smallest absolute Gasteiger partial charge is 0.416 e. The van der Waals surface area contributed by atoms with Crippen molar-refractivity contribution in [3.8, 4) is 17.1 Å². The fourth-order valence-electron chi connectivity index (χ4n) is 2.90. The number of nitrogens with zero attached hydrogens (tertiary/aromatic N) is 2. The quantitative estimate of drug-likeness (QED) is 0.424. The predicted molar refractivity (Wildman–Crippen MR) is 110 cm³/mol. The van der Waals surface area contributed by atoms with E-state index in [1.807, 2.05) is 6.07 Å². The largest absolute Gasteiger partial charge is 0.483 e. The van der Waals surface area contributed by atoms with Crippen LogP contribution in [0.15, 0.2) is 83.4 Å². The number of carbonyl (C=O) groups excluding carboxylic acids is 1. The van der Waals surface area contributed by atoms with Crippen LogP contribution in [-0.2, 0) is 12.8 Å². The molecule has 0 radical (unpaired) electrons. The molecule has 4 aromatic rings. The van der Waals surface area contributed by atoms with E-state index in [-0.39, 0.29) is 29.8 Å². The van der Waals surface area contributed by atoms with Gasteiger partial charge < -0.3 is 14.6 Å². The Labute approximate surface area is 180 Å². The molecule has 0 saturated heterocycles. The molecule has 0 aliphatic rings. The minimum absolute atomic E-state index is 0.00445. The van der Waals surface area contributed by atoms with Crippen LogP contribution in [0.4, 0.5) is 18.9 Å². The van der Waals surface area contributed by atoms with Crippen LogP contribution in [0.5, 0.6) is 5.75 Å². The van der Waals surface area contributed by atoms with Gasteiger partial charge in [0.05, 0.1) is 11.1 Å². The molecule has 0 unspecified atom stereocenters. The van der Waals surface area contributed by atoms with E-state index in [2.05, 4.69) is 15.5 Å². The van der Waals surface area contributed by atoms with Crippen LogP contribution in [0.3, 0.4) is 0 Å². The number of rotatable bonds is 6. The third-order valence-electron chi connectivity index (χ3n) is 4.43. The highest BCUT2D eigenvalue weighted by molar-refractivity contribution is 6.06. The summed E-state index contributed by atoms with van der Waals surface area (Å²) in [5.41, 5.74) is 0.289. The summed E-state index contributed by atoms with van der Waals surface area (Å²) in [7, 11) is 0. The Morgan fingerprint density at radius 2 is 1.72 bits per heavy atom. The maximum atomic E-state index is 12.9. The minimum atomic E-state index is -4.48. The highest BCUT2D eigenvalue weighted by Crippen LogP contribution is 2.31. The van der Waals surface area contributed by atoms with Gasteiger partial charge in [0.1, 0.15) is 5.75 Å². The molecule has 1 heterocycles. The number of nitrogens with one attached hydrogen (secondary N) is 1. The summed E-state index contributed by atoms with van der Waals surface area (Å²) in [6.07, 6.45) is -4.48. The normalized spacial score (nSPS) is 11.2. The second kappa shape index (κ2) is 8.93. The number of alkyl halides is 3. The topological polar surface area (TPSA) is 77.2 Å². The summed E-state index contributed by atoms with van der Waals surface area (Å²) in [5, 5.41) is 6.50. The first kappa shape index (κ1) is 21.1. The Balaban J connectivity index is 1.47. The van der Waals surface area contributed by atoms with Gasteiger partial charge in [0.2, 0.25) is 5.82 Å². The molecule has 0 bridgehead atoms. The van der Waals surface area contributed by atoms with Crippen molar-refractivity contribution >= 4 is 11.6 Å². The van der Waals surface area contributed by atoms with Gasteiger partial charge in [0, 0.05) is 11.3 Å². The number of benzene rings is 3.